The Kier molecular flexibility index (Phi) is 5.71. The van der Waals surface area contributed by atoms with Crippen molar-refractivity contribution in [3.8, 4) is 0 Å². The van der Waals surface area contributed by atoms with E-state index < -0.39 is 20.8 Å². The van der Waals surface area contributed by atoms with Gasteiger partial charge >= 0.3 is 0 Å². The molecule has 0 saturated carbocycles. The maximum Gasteiger partial charge on any atom is 0.270 e. The molecule has 3 rings (SSSR count). The molecule has 148 valence electrons. The summed E-state index contributed by atoms with van der Waals surface area (Å²) in [5.41, 5.74) is 0.0282. The monoisotopic (exact) mass is 407 g/mol. The summed E-state index contributed by atoms with van der Waals surface area (Å²) in [5.74, 6) is -0.740. The second-order valence-corrected chi connectivity index (χ2v) is 8.25. The summed E-state index contributed by atoms with van der Waals surface area (Å²) in [6, 6.07) is 10.1. The Hall–Kier alpha value is -2.85. The number of nitrogens with zero attached hydrogens (tertiary/aromatic N) is 3. The number of benzene rings is 2. The van der Waals surface area contributed by atoms with Crippen LogP contribution in [0.3, 0.4) is 0 Å². The molecule has 1 aliphatic heterocycles. The summed E-state index contributed by atoms with van der Waals surface area (Å²) in [7, 11) is -3.92. The number of hydrogen-bond donors (Lipinski definition) is 0. The lowest BCUT2D eigenvalue weighted by Crippen LogP contribution is -2.37. The van der Waals surface area contributed by atoms with Crippen molar-refractivity contribution < 1.29 is 22.5 Å². The molecule has 0 radical (unpaired) electrons. The van der Waals surface area contributed by atoms with Gasteiger partial charge in [0.2, 0.25) is 10.0 Å². The summed E-state index contributed by atoms with van der Waals surface area (Å²) in [6.45, 7) is 0.789. The zero-order valence-electron chi connectivity index (χ0n) is 14.8. The van der Waals surface area contributed by atoms with E-state index in [1.807, 2.05) is 0 Å². The molecule has 1 fully saturated rings. The highest BCUT2D eigenvalue weighted by Gasteiger charge is 2.29. The van der Waals surface area contributed by atoms with Gasteiger partial charge in [-0.1, -0.05) is 6.07 Å². The minimum absolute atomic E-state index is 0.0674. The molecule has 0 aromatic heterocycles. The molecule has 1 aliphatic rings. The van der Waals surface area contributed by atoms with E-state index in [0.29, 0.717) is 18.5 Å². The number of hydrogen-bond acceptors (Lipinski definition) is 5. The van der Waals surface area contributed by atoms with Crippen LogP contribution >= 0.6 is 0 Å². The Morgan fingerprint density at radius 2 is 1.75 bits per heavy atom. The molecule has 28 heavy (non-hydrogen) atoms. The summed E-state index contributed by atoms with van der Waals surface area (Å²) in [4.78, 5) is 24.2. The van der Waals surface area contributed by atoms with Crippen molar-refractivity contribution in [2.24, 2.45) is 0 Å². The number of sulfonamides is 1. The van der Waals surface area contributed by atoms with Crippen LogP contribution in [0.1, 0.15) is 16.8 Å². The summed E-state index contributed by atoms with van der Waals surface area (Å²) in [6.07, 6.45) is 0.418. The molecule has 0 N–H and O–H groups in total. The van der Waals surface area contributed by atoms with Crippen LogP contribution in [-0.4, -0.2) is 54.6 Å². The fraction of sp³-hybridized carbons (Fsp3) is 0.278. The van der Waals surface area contributed by atoms with Gasteiger partial charge in [0.05, 0.1) is 9.82 Å². The molecular formula is C18H18FN3O5S. The van der Waals surface area contributed by atoms with E-state index >= 15 is 0 Å². The fourth-order valence-electron chi connectivity index (χ4n) is 3.02. The van der Waals surface area contributed by atoms with Gasteiger partial charge in [-0.3, -0.25) is 14.9 Å². The number of nitro groups is 1. The maximum absolute atomic E-state index is 13.0. The largest absolute Gasteiger partial charge is 0.337 e. The fourth-order valence-corrected chi connectivity index (χ4v) is 4.53. The minimum Gasteiger partial charge on any atom is -0.337 e. The Morgan fingerprint density at radius 1 is 1.04 bits per heavy atom. The predicted octanol–water partition coefficient (Wildman–Crippen LogP) is 2.27. The number of halogens is 1. The molecule has 0 atom stereocenters. The van der Waals surface area contributed by atoms with Crippen LogP contribution in [0.2, 0.25) is 0 Å². The van der Waals surface area contributed by atoms with E-state index in [-0.39, 0.29) is 36.1 Å². The molecule has 0 bridgehead atoms. The number of rotatable bonds is 4. The van der Waals surface area contributed by atoms with Gasteiger partial charge in [-0.05, 0) is 36.8 Å². The van der Waals surface area contributed by atoms with E-state index in [0.717, 1.165) is 6.07 Å². The van der Waals surface area contributed by atoms with Gasteiger partial charge in [0.15, 0.2) is 0 Å². The Bertz CT molecular complexity index is 995. The predicted molar refractivity (Wildman–Crippen MR) is 98.8 cm³/mol. The van der Waals surface area contributed by atoms with Gasteiger partial charge in [0, 0.05) is 43.9 Å². The smallest absolute Gasteiger partial charge is 0.270 e. The first-order valence-electron chi connectivity index (χ1n) is 8.58. The Morgan fingerprint density at radius 3 is 2.43 bits per heavy atom. The third-order valence-electron chi connectivity index (χ3n) is 4.50. The number of amides is 1. The van der Waals surface area contributed by atoms with Crippen LogP contribution in [0.15, 0.2) is 53.4 Å². The zero-order chi connectivity index (χ0) is 20.3. The molecule has 0 aliphatic carbocycles. The average molecular weight is 407 g/mol. The molecule has 2 aromatic rings. The SMILES string of the molecule is O=C(c1ccc(F)cc1)N1CCCN(S(=O)(=O)c2cccc([N+](=O)[O-])c2)CC1. The first-order chi connectivity index (χ1) is 13.3. The molecule has 0 unspecified atom stereocenters. The highest BCUT2D eigenvalue weighted by atomic mass is 32.2. The van der Waals surface area contributed by atoms with Crippen LogP contribution < -0.4 is 0 Å². The van der Waals surface area contributed by atoms with Gasteiger partial charge in [-0.25, -0.2) is 12.8 Å². The van der Waals surface area contributed by atoms with E-state index in [9.17, 15) is 27.7 Å². The van der Waals surface area contributed by atoms with Crippen molar-refractivity contribution in [1.82, 2.24) is 9.21 Å². The molecule has 1 amide bonds. The molecule has 2 aromatic carbocycles. The normalized spacial score (nSPS) is 15.8. The molecular weight excluding hydrogens is 389 g/mol. The minimum atomic E-state index is -3.92. The van der Waals surface area contributed by atoms with E-state index in [1.54, 1.807) is 0 Å². The molecule has 1 saturated heterocycles. The van der Waals surface area contributed by atoms with Crippen molar-refractivity contribution in [1.29, 1.82) is 0 Å². The third kappa shape index (κ3) is 4.18. The van der Waals surface area contributed by atoms with E-state index in [2.05, 4.69) is 0 Å². The first-order valence-corrected chi connectivity index (χ1v) is 10.0. The second-order valence-electron chi connectivity index (χ2n) is 6.31. The lowest BCUT2D eigenvalue weighted by molar-refractivity contribution is -0.385. The standard InChI is InChI=1S/C18H18FN3O5S/c19-15-7-5-14(6-8-15)18(23)20-9-2-10-21(12-11-20)28(26,27)17-4-1-3-16(13-17)22(24)25/h1,3-8,13H,2,9-12H2. The maximum atomic E-state index is 13.0. The van der Waals surface area contributed by atoms with Crippen LogP contribution in [0.25, 0.3) is 0 Å². The quantitative estimate of drug-likeness (QED) is 0.572. The summed E-state index contributed by atoms with van der Waals surface area (Å²) >= 11 is 0. The molecule has 8 nitrogen and oxygen atoms in total. The zero-order valence-corrected chi connectivity index (χ0v) is 15.6. The van der Waals surface area contributed by atoms with Crippen LogP contribution in [0, 0.1) is 15.9 Å². The molecule has 10 heteroatoms. The van der Waals surface area contributed by atoms with Crippen molar-refractivity contribution in [3.05, 3.63) is 70.0 Å². The van der Waals surface area contributed by atoms with Crippen molar-refractivity contribution >= 4 is 21.6 Å². The highest BCUT2D eigenvalue weighted by Crippen LogP contribution is 2.22. The van der Waals surface area contributed by atoms with E-state index in [1.165, 1.54) is 51.7 Å². The van der Waals surface area contributed by atoms with Crippen LogP contribution in [0.4, 0.5) is 10.1 Å². The molecule has 1 heterocycles. The van der Waals surface area contributed by atoms with E-state index in [4.69, 9.17) is 0 Å². The summed E-state index contributed by atoms with van der Waals surface area (Å²) < 4.78 is 40.0. The Balaban J connectivity index is 1.75. The van der Waals surface area contributed by atoms with Gasteiger partial charge in [-0.15, -0.1) is 0 Å². The lowest BCUT2D eigenvalue weighted by atomic mass is 10.2. The summed E-state index contributed by atoms with van der Waals surface area (Å²) in [5, 5.41) is 10.9. The number of carbonyl (C=O) groups is 1. The van der Waals surface area contributed by atoms with Gasteiger partial charge in [0.1, 0.15) is 5.82 Å². The first kappa shape index (κ1) is 19.9. The van der Waals surface area contributed by atoms with Crippen LogP contribution in [-0.2, 0) is 10.0 Å². The highest BCUT2D eigenvalue weighted by molar-refractivity contribution is 7.89. The third-order valence-corrected chi connectivity index (χ3v) is 6.39. The number of non-ortho nitro benzene ring substituents is 1. The van der Waals surface area contributed by atoms with Crippen LogP contribution in [0.5, 0.6) is 0 Å². The Labute approximate surface area is 161 Å². The number of nitro benzene ring substituents is 1. The van der Waals surface area contributed by atoms with Crippen molar-refractivity contribution in [3.63, 3.8) is 0 Å². The van der Waals surface area contributed by atoms with Crippen molar-refractivity contribution in [2.75, 3.05) is 26.2 Å². The molecule has 0 spiro atoms. The number of carbonyl (C=O) groups excluding carboxylic acids is 1. The van der Waals surface area contributed by atoms with Gasteiger partial charge in [-0.2, -0.15) is 4.31 Å². The topological polar surface area (TPSA) is 101 Å². The second kappa shape index (κ2) is 8.03. The van der Waals surface area contributed by atoms with Crippen molar-refractivity contribution in [2.45, 2.75) is 11.3 Å². The average Bonchev–Trinajstić information content (AvgIpc) is 2.95. The van der Waals surface area contributed by atoms with Gasteiger partial charge in [0.25, 0.3) is 11.6 Å². The lowest BCUT2D eigenvalue weighted by Gasteiger charge is -2.22. The van der Waals surface area contributed by atoms with Gasteiger partial charge < -0.3 is 4.90 Å².